The lowest BCUT2D eigenvalue weighted by atomic mass is 10.0. The zero-order valence-electron chi connectivity index (χ0n) is 16.0. The van der Waals surface area contributed by atoms with Crippen molar-refractivity contribution in [1.82, 2.24) is 14.3 Å². The van der Waals surface area contributed by atoms with Crippen molar-refractivity contribution in [3.8, 4) is 11.3 Å². The molecule has 0 radical (unpaired) electrons. The molecule has 2 aromatic heterocycles. The number of pyridine rings is 1. The van der Waals surface area contributed by atoms with Crippen LogP contribution in [0.25, 0.3) is 11.3 Å². The van der Waals surface area contributed by atoms with Crippen LogP contribution < -0.4 is 11.1 Å². The highest BCUT2D eigenvalue weighted by atomic mass is 32.2. The third-order valence-corrected chi connectivity index (χ3v) is 6.61. The Kier molecular flexibility index (Phi) is 6.26. The summed E-state index contributed by atoms with van der Waals surface area (Å²) in [6.45, 7) is 4.01. The standard InChI is InChI=1S/C21H23FN4O2S/c1-3-19(16-8-6-10-25-13-16)29(27,28)26-14-17(12-24-2)20(22)21(26)18-9-5-4-7-15(18)11-23/h3-10,13-14,19,24H,1,11-12,23H2,2H3. The topological polar surface area (TPSA) is 90.0 Å². The lowest BCUT2D eigenvalue weighted by molar-refractivity contribution is 0.579. The molecular weight excluding hydrogens is 391 g/mol. The van der Waals surface area contributed by atoms with Crippen molar-refractivity contribution in [2.24, 2.45) is 5.73 Å². The van der Waals surface area contributed by atoms with Gasteiger partial charge in [0.15, 0.2) is 5.82 Å². The zero-order chi connectivity index (χ0) is 21.0. The van der Waals surface area contributed by atoms with Gasteiger partial charge in [0, 0.05) is 42.8 Å². The molecule has 0 spiro atoms. The number of hydrogen-bond donors (Lipinski definition) is 2. The lowest BCUT2D eigenvalue weighted by Gasteiger charge is -2.18. The first-order valence-electron chi connectivity index (χ1n) is 9.05. The van der Waals surface area contributed by atoms with Gasteiger partial charge in [0.2, 0.25) is 10.0 Å². The molecule has 0 saturated carbocycles. The van der Waals surface area contributed by atoms with E-state index in [1.54, 1.807) is 49.6 Å². The first-order chi connectivity index (χ1) is 14.0. The van der Waals surface area contributed by atoms with Crippen molar-refractivity contribution in [2.75, 3.05) is 7.05 Å². The maximum atomic E-state index is 15.4. The van der Waals surface area contributed by atoms with E-state index in [1.807, 2.05) is 0 Å². The van der Waals surface area contributed by atoms with E-state index in [9.17, 15) is 8.42 Å². The van der Waals surface area contributed by atoms with E-state index in [-0.39, 0.29) is 24.3 Å². The second-order valence-electron chi connectivity index (χ2n) is 6.49. The summed E-state index contributed by atoms with van der Waals surface area (Å²) in [5.74, 6) is -0.599. The Bertz CT molecular complexity index is 1110. The van der Waals surface area contributed by atoms with Crippen LogP contribution in [0.5, 0.6) is 0 Å². The van der Waals surface area contributed by atoms with Crippen LogP contribution in [-0.4, -0.2) is 24.4 Å². The second-order valence-corrected chi connectivity index (χ2v) is 8.42. The smallest absolute Gasteiger partial charge is 0.249 e. The summed E-state index contributed by atoms with van der Waals surface area (Å²) in [5.41, 5.74) is 7.56. The summed E-state index contributed by atoms with van der Waals surface area (Å²) < 4.78 is 43.5. The predicted molar refractivity (Wildman–Crippen MR) is 112 cm³/mol. The van der Waals surface area contributed by atoms with E-state index in [0.29, 0.717) is 16.7 Å². The minimum atomic E-state index is -4.08. The van der Waals surface area contributed by atoms with E-state index < -0.39 is 21.1 Å². The van der Waals surface area contributed by atoms with Gasteiger partial charge in [0.05, 0.1) is 0 Å². The fourth-order valence-electron chi connectivity index (χ4n) is 3.29. The maximum Gasteiger partial charge on any atom is 0.249 e. The number of nitrogens with one attached hydrogen (secondary N) is 1. The van der Waals surface area contributed by atoms with Crippen LogP contribution in [0.15, 0.2) is 67.6 Å². The van der Waals surface area contributed by atoms with Gasteiger partial charge >= 0.3 is 0 Å². The molecule has 2 heterocycles. The van der Waals surface area contributed by atoms with Crippen molar-refractivity contribution in [1.29, 1.82) is 0 Å². The molecular formula is C21H23FN4O2S. The largest absolute Gasteiger partial charge is 0.326 e. The Labute approximate surface area is 170 Å². The molecule has 3 aromatic rings. The minimum absolute atomic E-state index is 0.0351. The minimum Gasteiger partial charge on any atom is -0.326 e. The van der Waals surface area contributed by atoms with Crippen molar-refractivity contribution >= 4 is 10.0 Å². The molecule has 3 N–H and O–H groups in total. The average molecular weight is 415 g/mol. The summed E-state index contributed by atoms with van der Waals surface area (Å²) >= 11 is 0. The number of aromatic nitrogens is 2. The van der Waals surface area contributed by atoms with Gasteiger partial charge in [-0.25, -0.2) is 16.8 Å². The third kappa shape index (κ3) is 3.87. The fraction of sp³-hybridized carbons (Fsp3) is 0.190. The zero-order valence-corrected chi connectivity index (χ0v) is 16.9. The van der Waals surface area contributed by atoms with Gasteiger partial charge in [-0.1, -0.05) is 36.4 Å². The first-order valence-corrected chi connectivity index (χ1v) is 10.6. The van der Waals surface area contributed by atoms with E-state index in [1.165, 1.54) is 18.5 Å². The molecule has 0 amide bonds. The van der Waals surface area contributed by atoms with Crippen molar-refractivity contribution < 1.29 is 12.8 Å². The molecule has 0 aliphatic carbocycles. The van der Waals surface area contributed by atoms with Crippen LogP contribution in [0.2, 0.25) is 0 Å². The number of halogens is 1. The van der Waals surface area contributed by atoms with Gasteiger partial charge in [-0.3, -0.25) is 4.98 Å². The van der Waals surface area contributed by atoms with Crippen LogP contribution in [-0.2, 0) is 23.1 Å². The fourth-order valence-corrected chi connectivity index (χ4v) is 4.97. The Morgan fingerprint density at radius 2 is 2.03 bits per heavy atom. The monoisotopic (exact) mass is 414 g/mol. The molecule has 0 bridgehead atoms. The van der Waals surface area contributed by atoms with Gasteiger partial charge in [-0.05, 0) is 24.2 Å². The van der Waals surface area contributed by atoms with Gasteiger partial charge in [0.1, 0.15) is 10.9 Å². The van der Waals surface area contributed by atoms with Gasteiger partial charge in [0.25, 0.3) is 0 Å². The predicted octanol–water partition coefficient (Wildman–Crippen LogP) is 2.97. The van der Waals surface area contributed by atoms with Crippen LogP contribution in [0.1, 0.15) is 21.9 Å². The molecule has 0 saturated heterocycles. The van der Waals surface area contributed by atoms with E-state index in [0.717, 1.165) is 3.97 Å². The van der Waals surface area contributed by atoms with Crippen molar-refractivity contribution in [3.63, 3.8) is 0 Å². The molecule has 0 fully saturated rings. The summed E-state index contributed by atoms with van der Waals surface area (Å²) in [6, 6.07) is 10.2. The van der Waals surface area contributed by atoms with Crippen molar-refractivity contribution in [2.45, 2.75) is 18.3 Å². The second kappa shape index (κ2) is 8.69. The van der Waals surface area contributed by atoms with E-state index in [4.69, 9.17) is 5.73 Å². The first kappa shape index (κ1) is 20.9. The van der Waals surface area contributed by atoms with Crippen LogP contribution in [0, 0.1) is 5.82 Å². The van der Waals surface area contributed by atoms with E-state index in [2.05, 4.69) is 16.9 Å². The Hall–Kier alpha value is -2.81. The Morgan fingerprint density at radius 3 is 2.66 bits per heavy atom. The molecule has 152 valence electrons. The Morgan fingerprint density at radius 1 is 1.28 bits per heavy atom. The number of benzene rings is 1. The lowest BCUT2D eigenvalue weighted by Crippen LogP contribution is -2.21. The van der Waals surface area contributed by atoms with E-state index >= 15 is 4.39 Å². The van der Waals surface area contributed by atoms with Crippen LogP contribution in [0.4, 0.5) is 4.39 Å². The molecule has 1 unspecified atom stereocenters. The number of nitrogens with zero attached hydrogens (tertiary/aromatic N) is 2. The van der Waals surface area contributed by atoms with Gasteiger partial charge in [-0.15, -0.1) is 6.58 Å². The molecule has 0 aliphatic rings. The molecule has 1 atom stereocenters. The maximum absolute atomic E-state index is 15.4. The quantitative estimate of drug-likeness (QED) is 0.553. The molecule has 3 rings (SSSR count). The molecule has 6 nitrogen and oxygen atoms in total. The number of hydrogen-bond acceptors (Lipinski definition) is 5. The van der Waals surface area contributed by atoms with Gasteiger partial charge in [-0.2, -0.15) is 0 Å². The summed E-state index contributed by atoms with van der Waals surface area (Å²) in [7, 11) is -2.41. The Balaban J connectivity index is 2.28. The third-order valence-electron chi connectivity index (χ3n) is 4.67. The summed E-state index contributed by atoms with van der Waals surface area (Å²) in [4.78, 5) is 4.00. The SMILES string of the molecule is C=CC(c1cccnc1)S(=O)(=O)n1cc(CNC)c(F)c1-c1ccccc1CN. The molecule has 8 heteroatoms. The molecule has 0 aliphatic heterocycles. The molecule has 29 heavy (non-hydrogen) atoms. The van der Waals surface area contributed by atoms with Crippen LogP contribution >= 0.6 is 0 Å². The summed E-state index contributed by atoms with van der Waals surface area (Å²) in [5, 5.41) is 1.78. The average Bonchev–Trinajstić information content (AvgIpc) is 3.06. The molecule has 1 aromatic carbocycles. The van der Waals surface area contributed by atoms with Gasteiger partial charge < -0.3 is 11.1 Å². The number of nitrogens with two attached hydrogens (primary N) is 1. The van der Waals surface area contributed by atoms with Crippen molar-refractivity contribution in [3.05, 3.63) is 90.2 Å². The highest BCUT2D eigenvalue weighted by Gasteiger charge is 2.32. The number of rotatable bonds is 8. The highest BCUT2D eigenvalue weighted by Crippen LogP contribution is 2.35. The highest BCUT2D eigenvalue weighted by molar-refractivity contribution is 7.90. The van der Waals surface area contributed by atoms with Crippen LogP contribution in [0.3, 0.4) is 0 Å². The summed E-state index contributed by atoms with van der Waals surface area (Å²) in [6.07, 6.45) is 5.66. The normalized spacial score (nSPS) is 12.7.